The molecule has 0 N–H and O–H groups in total. The molecule has 148 valence electrons. The third kappa shape index (κ3) is 4.47. The molecule has 0 nitrogen and oxygen atoms in total. The number of allylic oxidation sites excluding steroid dienone is 5. The van der Waals surface area contributed by atoms with E-state index in [1.165, 1.54) is 29.3 Å². The van der Waals surface area contributed by atoms with Crippen molar-refractivity contribution in [3.8, 4) is 0 Å². The van der Waals surface area contributed by atoms with Crippen molar-refractivity contribution < 1.29 is 32.3 Å². The van der Waals surface area contributed by atoms with Gasteiger partial charge in [-0.15, -0.1) is 0 Å². The number of fused-ring (bicyclic) bond motifs is 2. The molecule has 0 amide bonds. The summed E-state index contributed by atoms with van der Waals surface area (Å²) in [5, 5.41) is 3.27. The third-order valence-electron chi connectivity index (χ3n) is 6.31. The van der Waals surface area contributed by atoms with E-state index in [-0.39, 0.29) is 9.41 Å². The molecule has 2 aromatic rings. The van der Waals surface area contributed by atoms with Crippen LogP contribution in [0.2, 0.25) is 3.67 Å². The first-order valence-corrected chi connectivity index (χ1v) is 15.2. The average Bonchev–Trinajstić information content (AvgIpc) is 3.26. The predicted octanol–water partition coefficient (Wildman–Crippen LogP) is 0.426. The second kappa shape index (κ2) is 9.75. The topological polar surface area (TPSA) is 0 Å². The number of hydrogen-bond acceptors (Lipinski definition) is 0. The van der Waals surface area contributed by atoms with Crippen molar-refractivity contribution in [2.45, 2.75) is 27.1 Å². The molecule has 0 saturated heterocycles. The number of benzene rings is 2. The van der Waals surface area contributed by atoms with Gasteiger partial charge in [0, 0.05) is 0 Å². The minimum atomic E-state index is -0.848. The Morgan fingerprint density at radius 3 is 2.52 bits per heavy atom. The Morgan fingerprint density at radius 1 is 0.897 bits per heavy atom. The van der Waals surface area contributed by atoms with Gasteiger partial charge < -0.3 is 9.41 Å². The molecule has 1 fully saturated rings. The van der Waals surface area contributed by atoms with Crippen molar-refractivity contribution in [1.82, 2.24) is 0 Å². The van der Waals surface area contributed by atoms with Crippen LogP contribution in [0.4, 0.5) is 0 Å². The van der Waals surface area contributed by atoms with E-state index in [1.54, 1.807) is 10.9 Å². The minimum Gasteiger partial charge on any atom is -1.00 e. The van der Waals surface area contributed by atoms with E-state index in [9.17, 15) is 0 Å². The first-order chi connectivity index (χ1) is 13.3. The van der Waals surface area contributed by atoms with Crippen LogP contribution in [-0.4, -0.2) is 0 Å². The first kappa shape index (κ1) is 22.5. The fourth-order valence-corrected chi connectivity index (χ4v) is 15.0. The van der Waals surface area contributed by atoms with Crippen LogP contribution in [0, 0.1) is 18.8 Å². The van der Waals surface area contributed by atoms with Crippen molar-refractivity contribution in [3.63, 3.8) is 0 Å². The molecule has 0 spiro atoms. The van der Waals surface area contributed by atoms with Crippen molar-refractivity contribution in [2.24, 2.45) is 11.8 Å². The van der Waals surface area contributed by atoms with Crippen molar-refractivity contribution in [3.05, 3.63) is 94.8 Å². The molecule has 4 heteroatoms. The minimum absolute atomic E-state index is 0. The van der Waals surface area contributed by atoms with Gasteiger partial charge in [-0.25, -0.2) is 0 Å². The molecule has 5 atom stereocenters. The third-order valence-corrected chi connectivity index (χ3v) is 16.3. The van der Waals surface area contributed by atoms with Gasteiger partial charge in [-0.1, -0.05) is 0 Å². The summed E-state index contributed by atoms with van der Waals surface area (Å²) in [4.78, 5) is 0. The molecule has 1 saturated carbocycles. The summed E-state index contributed by atoms with van der Waals surface area (Å²) in [6.07, 6.45) is 15.0. The summed E-state index contributed by atoms with van der Waals surface area (Å²) >= 11 is -0.848. The summed E-state index contributed by atoms with van der Waals surface area (Å²) in [6, 6.07) is 18.2. The monoisotopic (exact) mass is 574 g/mol. The maximum atomic E-state index is 2.54. The van der Waals surface area contributed by atoms with Crippen LogP contribution >= 0.6 is 8.58 Å². The van der Waals surface area contributed by atoms with E-state index in [2.05, 4.69) is 85.8 Å². The molecule has 0 aromatic heterocycles. The van der Waals surface area contributed by atoms with E-state index in [0.717, 1.165) is 27.8 Å². The van der Waals surface area contributed by atoms with E-state index >= 15 is 0 Å². The molecule has 2 aromatic carbocycles. The van der Waals surface area contributed by atoms with Crippen molar-refractivity contribution in [1.29, 1.82) is 0 Å². The Morgan fingerprint density at radius 2 is 1.66 bits per heavy atom. The van der Waals surface area contributed by atoms with Gasteiger partial charge in [0.1, 0.15) is 0 Å². The number of rotatable bonds is 4. The van der Waals surface area contributed by atoms with Gasteiger partial charge in [0.2, 0.25) is 0 Å². The quantitative estimate of drug-likeness (QED) is 0.368. The SMILES string of the molecule is Cc1ccccc1PC1=Cc2ccccc2[CH]1[Hf+2][CH]1CCC2C=CC=CC21.[F-].[F-]. The van der Waals surface area contributed by atoms with E-state index in [0.29, 0.717) is 0 Å². The van der Waals surface area contributed by atoms with E-state index in [4.69, 9.17) is 0 Å². The van der Waals surface area contributed by atoms with Crippen molar-refractivity contribution in [2.75, 3.05) is 0 Å². The Balaban J connectivity index is 0.00000120. The standard InChI is InChI=1S/C16H14P.C9H11.2FH.Hf/c1-12-6-2-5-9-16(12)17-15-10-13-7-3-4-8-14(13)11-15;1-2-5-9-7-3-6-8(9)4-1;;;/h2-11,17H,1H3;1-2,4-6,8-9H,3,7H2;2*1H;/q;;;;+2/p-2. The molecule has 3 aliphatic carbocycles. The summed E-state index contributed by atoms with van der Waals surface area (Å²) in [7, 11) is 0.835. The van der Waals surface area contributed by atoms with Gasteiger partial charge in [-0.05, 0) is 0 Å². The number of halogens is 2. The van der Waals surface area contributed by atoms with Crippen LogP contribution in [0.3, 0.4) is 0 Å². The van der Waals surface area contributed by atoms with Crippen molar-refractivity contribution >= 4 is 20.0 Å². The fourth-order valence-electron chi connectivity index (χ4n) is 4.84. The van der Waals surface area contributed by atoms with Crippen LogP contribution in [0.5, 0.6) is 0 Å². The summed E-state index contributed by atoms with van der Waals surface area (Å²) < 4.78 is 1.81. The molecule has 0 aliphatic heterocycles. The van der Waals surface area contributed by atoms with Crippen LogP contribution < -0.4 is 14.7 Å². The number of hydrogen-bond donors (Lipinski definition) is 0. The molecule has 3 aliphatic rings. The van der Waals surface area contributed by atoms with Gasteiger partial charge in [0.15, 0.2) is 0 Å². The van der Waals surface area contributed by atoms with Crippen LogP contribution in [0.1, 0.15) is 33.2 Å². The second-order valence-electron chi connectivity index (χ2n) is 7.96. The first-order valence-electron chi connectivity index (χ1n) is 10.0. The van der Waals surface area contributed by atoms with Crippen LogP contribution in [0.25, 0.3) is 6.08 Å². The largest absolute Gasteiger partial charge is 1.00 e. The van der Waals surface area contributed by atoms with Gasteiger partial charge in [-0.3, -0.25) is 0 Å². The Hall–Kier alpha value is -1.18. The molecular weight excluding hydrogens is 548 g/mol. The smallest absolute Gasteiger partial charge is 1.00 e. The van der Waals surface area contributed by atoms with Crippen LogP contribution in [0.15, 0.2) is 78.1 Å². The van der Waals surface area contributed by atoms with E-state index < -0.39 is 22.9 Å². The average molecular weight is 573 g/mol. The molecule has 0 radical (unpaired) electrons. The van der Waals surface area contributed by atoms with Gasteiger partial charge in [0.05, 0.1) is 0 Å². The molecular formula is C25H25F2HfP. The Kier molecular flexibility index (Phi) is 7.57. The van der Waals surface area contributed by atoms with Gasteiger partial charge in [0.25, 0.3) is 0 Å². The fraction of sp³-hybridized carbons (Fsp3) is 0.280. The van der Waals surface area contributed by atoms with Gasteiger partial charge >= 0.3 is 177 Å². The Bertz CT molecular complexity index is 949. The summed E-state index contributed by atoms with van der Waals surface area (Å²) in [6.45, 7) is 2.27. The summed E-state index contributed by atoms with van der Waals surface area (Å²) in [5.41, 5.74) is 4.59. The molecule has 0 bridgehead atoms. The molecule has 5 rings (SSSR count). The number of aryl methyl sites for hydroxylation is 1. The molecule has 0 heterocycles. The van der Waals surface area contributed by atoms with Crippen LogP contribution in [-0.2, 0) is 22.9 Å². The molecule has 29 heavy (non-hydrogen) atoms. The van der Waals surface area contributed by atoms with E-state index in [1.807, 2.05) is 0 Å². The second-order valence-corrected chi connectivity index (χ2v) is 15.3. The zero-order valence-electron chi connectivity index (χ0n) is 16.5. The maximum absolute atomic E-state index is 2.54. The normalized spacial score (nSPS) is 26.3. The zero-order chi connectivity index (χ0) is 18.2. The Labute approximate surface area is 185 Å². The zero-order valence-corrected chi connectivity index (χ0v) is 21.1. The maximum Gasteiger partial charge on any atom is -1.00 e. The molecule has 5 unspecified atom stereocenters. The predicted molar refractivity (Wildman–Crippen MR) is 115 cm³/mol. The van der Waals surface area contributed by atoms with Gasteiger partial charge in [-0.2, -0.15) is 0 Å². The summed E-state index contributed by atoms with van der Waals surface area (Å²) in [5.74, 6) is 1.67.